The monoisotopic (exact) mass is 500 g/mol. The standard InChI is InChI=1S/C19H40N4O3.HI/c1-9-25-14-10-12-21-17(20-7)23(8)13-11-16(15(2)3)22-18(24)26-19(4,5)6;/h15-16H,9-14H2,1-8H3,(H,20,21)(H,22,24);1H. The minimum Gasteiger partial charge on any atom is -0.444 e. The van der Waals surface area contributed by atoms with Crippen molar-refractivity contribution in [3.8, 4) is 0 Å². The maximum absolute atomic E-state index is 12.0. The van der Waals surface area contributed by atoms with Crippen LogP contribution in [-0.4, -0.2) is 69.0 Å². The van der Waals surface area contributed by atoms with Crippen molar-refractivity contribution < 1.29 is 14.3 Å². The van der Waals surface area contributed by atoms with Gasteiger partial charge in [0.05, 0.1) is 0 Å². The molecule has 0 saturated heterocycles. The zero-order valence-corrected chi connectivity index (χ0v) is 20.8. The highest BCUT2D eigenvalue weighted by Crippen LogP contribution is 2.11. The second-order valence-electron chi connectivity index (χ2n) is 7.73. The number of nitrogens with zero attached hydrogens (tertiary/aromatic N) is 2. The first-order valence-corrected chi connectivity index (χ1v) is 9.59. The Balaban J connectivity index is 0. The molecule has 0 aliphatic heterocycles. The molecule has 0 heterocycles. The van der Waals surface area contributed by atoms with Gasteiger partial charge < -0.3 is 25.0 Å². The van der Waals surface area contributed by atoms with Gasteiger partial charge in [0, 0.05) is 46.4 Å². The van der Waals surface area contributed by atoms with Crippen LogP contribution in [-0.2, 0) is 9.47 Å². The Hall–Kier alpha value is -0.770. The lowest BCUT2D eigenvalue weighted by Crippen LogP contribution is -2.45. The van der Waals surface area contributed by atoms with E-state index in [1.807, 2.05) is 34.7 Å². The Bertz CT molecular complexity index is 426. The second-order valence-corrected chi connectivity index (χ2v) is 7.73. The molecule has 2 N–H and O–H groups in total. The molecule has 0 aromatic rings. The van der Waals surface area contributed by atoms with Gasteiger partial charge in [-0.15, -0.1) is 24.0 Å². The summed E-state index contributed by atoms with van der Waals surface area (Å²) < 4.78 is 10.7. The third-order valence-corrected chi connectivity index (χ3v) is 3.81. The molecule has 1 atom stereocenters. The fourth-order valence-corrected chi connectivity index (χ4v) is 2.37. The van der Waals surface area contributed by atoms with E-state index in [9.17, 15) is 4.79 Å². The predicted molar refractivity (Wildman–Crippen MR) is 123 cm³/mol. The fourth-order valence-electron chi connectivity index (χ4n) is 2.37. The highest BCUT2D eigenvalue weighted by Gasteiger charge is 2.22. The van der Waals surface area contributed by atoms with E-state index in [4.69, 9.17) is 9.47 Å². The Labute approximate surface area is 183 Å². The summed E-state index contributed by atoms with van der Waals surface area (Å²) in [7, 11) is 3.78. The van der Waals surface area contributed by atoms with E-state index in [-0.39, 0.29) is 36.1 Å². The van der Waals surface area contributed by atoms with Crippen molar-refractivity contribution in [1.29, 1.82) is 0 Å². The van der Waals surface area contributed by atoms with Gasteiger partial charge in [0.15, 0.2) is 5.96 Å². The van der Waals surface area contributed by atoms with E-state index in [0.29, 0.717) is 5.92 Å². The number of carbonyl (C=O) groups is 1. The van der Waals surface area contributed by atoms with Gasteiger partial charge in [-0.2, -0.15) is 0 Å². The number of halogens is 1. The van der Waals surface area contributed by atoms with Gasteiger partial charge >= 0.3 is 6.09 Å². The summed E-state index contributed by atoms with van der Waals surface area (Å²) in [6, 6.07) is 0.0448. The lowest BCUT2D eigenvalue weighted by Gasteiger charge is -2.28. The van der Waals surface area contributed by atoms with Gasteiger partial charge in [0.1, 0.15) is 5.60 Å². The summed E-state index contributed by atoms with van der Waals surface area (Å²) in [5, 5.41) is 6.32. The zero-order chi connectivity index (χ0) is 20.2. The van der Waals surface area contributed by atoms with Crippen LogP contribution in [0.3, 0.4) is 0 Å². The van der Waals surface area contributed by atoms with E-state index in [1.165, 1.54) is 0 Å². The van der Waals surface area contributed by atoms with Crippen molar-refractivity contribution in [2.75, 3.05) is 40.4 Å². The van der Waals surface area contributed by atoms with Gasteiger partial charge in [-0.25, -0.2) is 4.79 Å². The topological polar surface area (TPSA) is 75.2 Å². The Morgan fingerprint density at radius 2 is 1.89 bits per heavy atom. The van der Waals surface area contributed by atoms with E-state index < -0.39 is 5.60 Å². The van der Waals surface area contributed by atoms with Crippen LogP contribution in [0, 0.1) is 5.92 Å². The minimum absolute atomic E-state index is 0. The van der Waals surface area contributed by atoms with E-state index >= 15 is 0 Å². The van der Waals surface area contributed by atoms with E-state index in [1.54, 1.807) is 7.05 Å². The van der Waals surface area contributed by atoms with Crippen molar-refractivity contribution >= 4 is 36.0 Å². The summed E-state index contributed by atoms with van der Waals surface area (Å²) >= 11 is 0. The smallest absolute Gasteiger partial charge is 0.407 e. The van der Waals surface area contributed by atoms with Crippen molar-refractivity contribution in [2.45, 2.75) is 66.0 Å². The first-order chi connectivity index (χ1) is 12.1. The van der Waals surface area contributed by atoms with Gasteiger partial charge in [-0.3, -0.25) is 4.99 Å². The predicted octanol–water partition coefficient (Wildman–Crippen LogP) is 3.48. The molecular weight excluding hydrogens is 459 g/mol. The van der Waals surface area contributed by atoms with Crippen molar-refractivity contribution in [3.05, 3.63) is 0 Å². The number of rotatable bonds is 10. The summed E-state index contributed by atoms with van der Waals surface area (Å²) in [6.45, 7) is 14.9. The molecule has 0 aromatic heterocycles. The first-order valence-electron chi connectivity index (χ1n) is 9.59. The van der Waals surface area contributed by atoms with E-state index in [0.717, 1.165) is 45.1 Å². The molecule has 27 heavy (non-hydrogen) atoms. The number of guanidine groups is 1. The van der Waals surface area contributed by atoms with Crippen molar-refractivity contribution in [1.82, 2.24) is 15.5 Å². The van der Waals surface area contributed by atoms with Crippen molar-refractivity contribution in [2.24, 2.45) is 10.9 Å². The molecular formula is C19H41IN4O3. The van der Waals surface area contributed by atoms with Gasteiger partial charge in [0.2, 0.25) is 0 Å². The van der Waals surface area contributed by atoms with E-state index in [2.05, 4.69) is 34.4 Å². The average Bonchev–Trinajstić information content (AvgIpc) is 2.52. The van der Waals surface area contributed by atoms with Crippen LogP contribution in [0.15, 0.2) is 4.99 Å². The van der Waals surface area contributed by atoms with Crippen molar-refractivity contribution in [3.63, 3.8) is 0 Å². The van der Waals surface area contributed by atoms with Crippen LogP contribution in [0.1, 0.15) is 54.4 Å². The maximum Gasteiger partial charge on any atom is 0.407 e. The molecule has 0 rings (SSSR count). The number of amides is 1. The normalized spacial score (nSPS) is 13.0. The number of nitrogens with one attached hydrogen (secondary N) is 2. The third kappa shape index (κ3) is 14.9. The lowest BCUT2D eigenvalue weighted by molar-refractivity contribution is 0.0486. The number of carbonyl (C=O) groups excluding carboxylic acids is 1. The summed E-state index contributed by atoms with van der Waals surface area (Å²) in [4.78, 5) is 18.4. The number of aliphatic imine (C=N–C) groups is 1. The first kappa shape index (κ1) is 28.4. The molecule has 0 spiro atoms. The SMILES string of the molecule is CCOCCCNC(=NC)N(C)CCC(NC(=O)OC(C)(C)C)C(C)C.I. The zero-order valence-electron chi connectivity index (χ0n) is 18.4. The molecule has 0 bridgehead atoms. The molecule has 0 fully saturated rings. The summed E-state index contributed by atoms with van der Waals surface area (Å²) in [5.74, 6) is 1.17. The van der Waals surface area contributed by atoms with Gasteiger partial charge in [0.25, 0.3) is 0 Å². The second kappa shape index (κ2) is 15.2. The van der Waals surface area contributed by atoms with Crippen LogP contribution in [0.25, 0.3) is 0 Å². The molecule has 162 valence electrons. The van der Waals surface area contributed by atoms with Crippen LogP contribution < -0.4 is 10.6 Å². The fraction of sp³-hybridized carbons (Fsp3) is 0.895. The average molecular weight is 500 g/mol. The van der Waals surface area contributed by atoms with Crippen LogP contribution in [0.2, 0.25) is 0 Å². The highest BCUT2D eigenvalue weighted by molar-refractivity contribution is 14.0. The molecule has 0 aromatic carbocycles. The number of hydrogen-bond acceptors (Lipinski definition) is 4. The Morgan fingerprint density at radius 1 is 1.26 bits per heavy atom. The summed E-state index contributed by atoms with van der Waals surface area (Å²) in [5.41, 5.74) is -0.490. The molecule has 1 unspecified atom stereocenters. The Kier molecular flexibility index (Phi) is 16.0. The largest absolute Gasteiger partial charge is 0.444 e. The van der Waals surface area contributed by atoms with Gasteiger partial charge in [-0.05, 0) is 46.5 Å². The molecule has 7 nitrogen and oxygen atoms in total. The summed E-state index contributed by atoms with van der Waals surface area (Å²) in [6.07, 6.45) is 1.39. The number of alkyl carbamates (subject to hydrolysis) is 1. The highest BCUT2D eigenvalue weighted by atomic mass is 127. The maximum atomic E-state index is 12.0. The molecule has 8 heteroatoms. The number of hydrogen-bond donors (Lipinski definition) is 2. The molecule has 0 aliphatic rings. The van der Waals surface area contributed by atoms with Crippen LogP contribution in [0.5, 0.6) is 0 Å². The quantitative estimate of drug-likeness (QED) is 0.208. The molecule has 0 aliphatic carbocycles. The third-order valence-electron chi connectivity index (χ3n) is 3.81. The minimum atomic E-state index is -0.490. The van der Waals surface area contributed by atoms with Gasteiger partial charge in [-0.1, -0.05) is 13.8 Å². The van der Waals surface area contributed by atoms with Crippen LogP contribution >= 0.6 is 24.0 Å². The van der Waals surface area contributed by atoms with Crippen LogP contribution in [0.4, 0.5) is 4.79 Å². The number of ether oxygens (including phenoxy) is 2. The lowest BCUT2D eigenvalue weighted by atomic mass is 10.0. The Morgan fingerprint density at radius 3 is 2.37 bits per heavy atom. The molecule has 0 saturated carbocycles. The molecule has 1 amide bonds. The molecule has 0 radical (unpaired) electrons.